The summed E-state index contributed by atoms with van der Waals surface area (Å²) in [4.78, 5) is 0. The smallest absolute Gasteiger partial charge is 0.0622 e. The second-order valence-electron chi connectivity index (χ2n) is 14.8. The Hall–Kier alpha value is -7.02. The lowest BCUT2D eigenvalue weighted by molar-refractivity contribution is 0.769. The van der Waals surface area contributed by atoms with E-state index in [-0.39, 0.29) is 0 Å². The SMILES string of the molecule is c1ccc(C2(c3ccccc3)c3ccccc3-c3c2cc(-c2cc(-c4cccc5ccccc45)cc(-c4cccc5ccccc45)c2)c2ccccc32)cc1. The Kier molecular flexibility index (Phi) is 7.19. The van der Waals surface area contributed by atoms with Crippen LogP contribution in [-0.4, -0.2) is 0 Å². The lowest BCUT2D eigenvalue weighted by Crippen LogP contribution is -2.28. The molecule has 0 atom stereocenters. The van der Waals surface area contributed by atoms with Crippen LogP contribution in [0.15, 0.2) is 218 Å². The molecule has 0 aromatic heterocycles. The van der Waals surface area contributed by atoms with Crippen LogP contribution in [0.4, 0.5) is 0 Å². The Morgan fingerprint density at radius 2 is 0.673 bits per heavy atom. The number of hydrogen-bond acceptors (Lipinski definition) is 0. The molecule has 1 aliphatic carbocycles. The van der Waals surface area contributed by atoms with E-state index in [1.807, 2.05) is 0 Å². The fraction of sp³-hybridized carbons (Fsp3) is 0.0182. The molecule has 0 aliphatic heterocycles. The lowest BCUT2D eigenvalue weighted by Gasteiger charge is -2.34. The van der Waals surface area contributed by atoms with Crippen molar-refractivity contribution in [3.8, 4) is 44.5 Å². The summed E-state index contributed by atoms with van der Waals surface area (Å²) in [5, 5.41) is 7.53. The molecular formula is C55H36. The summed E-state index contributed by atoms with van der Waals surface area (Å²) >= 11 is 0. The first-order valence-corrected chi connectivity index (χ1v) is 19.2. The first kappa shape index (κ1) is 31.5. The highest BCUT2D eigenvalue weighted by Gasteiger charge is 2.47. The van der Waals surface area contributed by atoms with Gasteiger partial charge in [-0.2, -0.15) is 0 Å². The van der Waals surface area contributed by atoms with Gasteiger partial charge in [-0.1, -0.05) is 194 Å². The maximum atomic E-state index is 2.53. The van der Waals surface area contributed by atoms with Crippen LogP contribution in [0.3, 0.4) is 0 Å². The topological polar surface area (TPSA) is 0 Å². The van der Waals surface area contributed by atoms with Crippen LogP contribution >= 0.6 is 0 Å². The number of rotatable bonds is 5. The summed E-state index contributed by atoms with van der Waals surface area (Å²) in [6.07, 6.45) is 0. The second-order valence-corrected chi connectivity index (χ2v) is 14.8. The van der Waals surface area contributed by atoms with E-state index in [0.717, 1.165) is 0 Å². The third-order valence-corrected chi connectivity index (χ3v) is 11.9. The van der Waals surface area contributed by atoms with Crippen LogP contribution in [-0.2, 0) is 5.41 Å². The summed E-state index contributed by atoms with van der Waals surface area (Å²) in [7, 11) is 0. The molecule has 0 heteroatoms. The van der Waals surface area contributed by atoms with E-state index in [9.17, 15) is 0 Å². The van der Waals surface area contributed by atoms with Gasteiger partial charge in [0.05, 0.1) is 5.41 Å². The number of hydrogen-bond donors (Lipinski definition) is 0. The van der Waals surface area contributed by atoms with Crippen LogP contribution in [0.2, 0.25) is 0 Å². The van der Waals surface area contributed by atoms with E-state index in [1.54, 1.807) is 0 Å². The monoisotopic (exact) mass is 696 g/mol. The molecular weight excluding hydrogens is 661 g/mol. The molecule has 0 bridgehead atoms. The van der Waals surface area contributed by atoms with Gasteiger partial charge in [0.2, 0.25) is 0 Å². The largest absolute Gasteiger partial charge is 0.0714 e. The van der Waals surface area contributed by atoms with E-state index in [2.05, 4.69) is 218 Å². The van der Waals surface area contributed by atoms with Gasteiger partial charge in [-0.05, 0) is 123 Å². The van der Waals surface area contributed by atoms with Gasteiger partial charge in [0.25, 0.3) is 0 Å². The minimum Gasteiger partial charge on any atom is -0.0622 e. The van der Waals surface area contributed by atoms with E-state index in [1.165, 1.54) is 99.1 Å². The molecule has 10 aromatic carbocycles. The Morgan fingerprint density at radius 3 is 1.25 bits per heavy atom. The van der Waals surface area contributed by atoms with Crippen molar-refractivity contribution in [3.63, 3.8) is 0 Å². The predicted octanol–water partition coefficient (Wildman–Crippen LogP) is 14.5. The zero-order valence-electron chi connectivity index (χ0n) is 30.3. The maximum Gasteiger partial charge on any atom is 0.0714 e. The molecule has 256 valence electrons. The standard InChI is InChI=1S/C55H36/c1-3-21-42(22-4-1)55(43-23-5-2-6-24-43)52-32-14-13-29-50(52)54-49-28-12-11-27-48(49)51(36-53(54)55)41-34-39(46-30-15-19-37-17-7-9-25-44(37)46)33-40(35-41)47-31-16-20-38-18-8-10-26-45(38)47/h1-36H. The highest BCUT2D eigenvalue weighted by Crippen LogP contribution is 2.59. The minimum atomic E-state index is -0.501. The van der Waals surface area contributed by atoms with Crippen molar-refractivity contribution in [3.05, 3.63) is 241 Å². The molecule has 0 amide bonds. The third kappa shape index (κ3) is 4.78. The Labute approximate surface area is 321 Å². The van der Waals surface area contributed by atoms with Gasteiger partial charge in [0.1, 0.15) is 0 Å². The molecule has 0 radical (unpaired) electrons. The fourth-order valence-corrected chi connectivity index (χ4v) is 9.59. The highest BCUT2D eigenvalue weighted by atomic mass is 14.5. The van der Waals surface area contributed by atoms with E-state index >= 15 is 0 Å². The maximum absolute atomic E-state index is 2.53. The average molecular weight is 697 g/mol. The van der Waals surface area contributed by atoms with Gasteiger partial charge in [0, 0.05) is 0 Å². The van der Waals surface area contributed by atoms with Gasteiger partial charge in [-0.15, -0.1) is 0 Å². The summed E-state index contributed by atoms with van der Waals surface area (Å²) < 4.78 is 0. The Bertz CT molecular complexity index is 2930. The Balaban J connectivity index is 1.27. The van der Waals surface area contributed by atoms with Gasteiger partial charge in [0.15, 0.2) is 0 Å². The van der Waals surface area contributed by atoms with Crippen LogP contribution in [0, 0.1) is 0 Å². The molecule has 0 nitrogen and oxygen atoms in total. The Morgan fingerprint density at radius 1 is 0.255 bits per heavy atom. The minimum absolute atomic E-state index is 0.501. The number of fused-ring (bicyclic) bond motifs is 7. The van der Waals surface area contributed by atoms with Crippen molar-refractivity contribution >= 4 is 32.3 Å². The molecule has 0 N–H and O–H groups in total. The van der Waals surface area contributed by atoms with Crippen molar-refractivity contribution in [2.75, 3.05) is 0 Å². The quantitative estimate of drug-likeness (QED) is 0.168. The highest BCUT2D eigenvalue weighted by molar-refractivity contribution is 6.11. The van der Waals surface area contributed by atoms with Gasteiger partial charge in [-0.25, -0.2) is 0 Å². The first-order chi connectivity index (χ1) is 27.3. The molecule has 0 fully saturated rings. The van der Waals surface area contributed by atoms with Crippen molar-refractivity contribution in [2.45, 2.75) is 5.41 Å². The predicted molar refractivity (Wildman–Crippen MR) is 233 cm³/mol. The summed E-state index contributed by atoms with van der Waals surface area (Å²) in [6, 6.07) is 81.1. The van der Waals surface area contributed by atoms with E-state index in [0.29, 0.717) is 0 Å². The molecule has 0 saturated carbocycles. The molecule has 0 unspecified atom stereocenters. The van der Waals surface area contributed by atoms with Crippen LogP contribution in [0.5, 0.6) is 0 Å². The zero-order chi connectivity index (χ0) is 36.3. The molecule has 11 rings (SSSR count). The van der Waals surface area contributed by atoms with Gasteiger partial charge < -0.3 is 0 Å². The summed E-state index contributed by atoms with van der Waals surface area (Å²) in [5.41, 5.74) is 14.7. The van der Waals surface area contributed by atoms with Crippen molar-refractivity contribution < 1.29 is 0 Å². The molecule has 10 aromatic rings. The summed E-state index contributed by atoms with van der Waals surface area (Å²) in [5.74, 6) is 0. The van der Waals surface area contributed by atoms with Gasteiger partial charge in [-0.3, -0.25) is 0 Å². The van der Waals surface area contributed by atoms with Crippen LogP contribution in [0.25, 0.3) is 76.8 Å². The van der Waals surface area contributed by atoms with E-state index in [4.69, 9.17) is 0 Å². The van der Waals surface area contributed by atoms with Crippen LogP contribution < -0.4 is 0 Å². The zero-order valence-corrected chi connectivity index (χ0v) is 30.3. The normalized spacial score (nSPS) is 12.9. The van der Waals surface area contributed by atoms with Gasteiger partial charge >= 0.3 is 0 Å². The molecule has 0 spiro atoms. The second kappa shape index (κ2) is 12.5. The van der Waals surface area contributed by atoms with Crippen molar-refractivity contribution in [1.29, 1.82) is 0 Å². The molecule has 0 heterocycles. The summed E-state index contributed by atoms with van der Waals surface area (Å²) in [6.45, 7) is 0. The molecule has 0 saturated heterocycles. The van der Waals surface area contributed by atoms with Crippen molar-refractivity contribution in [1.82, 2.24) is 0 Å². The van der Waals surface area contributed by atoms with Crippen LogP contribution in [0.1, 0.15) is 22.3 Å². The van der Waals surface area contributed by atoms with Crippen molar-refractivity contribution in [2.24, 2.45) is 0 Å². The fourth-order valence-electron chi connectivity index (χ4n) is 9.59. The molecule has 1 aliphatic rings. The molecule has 55 heavy (non-hydrogen) atoms. The van der Waals surface area contributed by atoms with E-state index < -0.39 is 5.41 Å². The average Bonchev–Trinajstić information content (AvgIpc) is 3.57. The first-order valence-electron chi connectivity index (χ1n) is 19.2. The lowest BCUT2D eigenvalue weighted by atomic mass is 9.67. The number of benzene rings is 10. The third-order valence-electron chi connectivity index (χ3n) is 11.9.